The van der Waals surface area contributed by atoms with Gasteiger partial charge in [-0.25, -0.2) is 0 Å². The Balaban J connectivity index is 2.45. The van der Waals surface area contributed by atoms with Crippen LogP contribution in [0, 0.1) is 12.3 Å². The van der Waals surface area contributed by atoms with Gasteiger partial charge in [-0.3, -0.25) is 4.79 Å². The molecule has 0 aliphatic rings. The molecule has 17 heavy (non-hydrogen) atoms. The van der Waals surface area contributed by atoms with E-state index >= 15 is 0 Å². The fourth-order valence-corrected chi connectivity index (χ4v) is 2.33. The van der Waals surface area contributed by atoms with Gasteiger partial charge in [0.25, 0.3) is 5.91 Å². The van der Waals surface area contributed by atoms with Crippen molar-refractivity contribution < 1.29 is 4.79 Å². The van der Waals surface area contributed by atoms with Crippen molar-refractivity contribution >= 4 is 33.4 Å². The molecule has 1 aromatic heterocycles. The molecule has 0 aliphatic heterocycles. The smallest absolute Gasteiger partial charge is 0.264 e. The van der Waals surface area contributed by atoms with Crippen molar-refractivity contribution in [3.63, 3.8) is 0 Å². The third kappa shape index (κ3) is 4.71. The zero-order chi connectivity index (χ0) is 12.9. The maximum absolute atomic E-state index is 11.9. The summed E-state index contributed by atoms with van der Waals surface area (Å²) in [6, 6.07) is 0. The number of hydrogen-bond acceptors (Lipinski definition) is 4. The highest BCUT2D eigenvalue weighted by atomic mass is 79.9. The highest BCUT2D eigenvalue weighted by molar-refractivity contribution is 9.09. The highest BCUT2D eigenvalue weighted by Gasteiger charge is 2.20. The first-order valence-corrected chi connectivity index (χ1v) is 7.49. The molecule has 0 atom stereocenters. The summed E-state index contributed by atoms with van der Waals surface area (Å²) in [7, 11) is 0. The van der Waals surface area contributed by atoms with Crippen LogP contribution in [-0.4, -0.2) is 27.4 Å². The van der Waals surface area contributed by atoms with E-state index in [0.717, 1.165) is 29.7 Å². The lowest BCUT2D eigenvalue weighted by Gasteiger charge is -2.24. The highest BCUT2D eigenvalue weighted by Crippen LogP contribution is 2.22. The lowest BCUT2D eigenvalue weighted by atomic mass is 9.88. The number of carbonyl (C=O) groups excluding carboxylic acids is 1. The lowest BCUT2D eigenvalue weighted by Crippen LogP contribution is -2.34. The number of carbonyl (C=O) groups is 1. The number of aromatic nitrogens is 2. The van der Waals surface area contributed by atoms with Crippen molar-refractivity contribution in [2.45, 2.75) is 33.6 Å². The summed E-state index contributed by atoms with van der Waals surface area (Å²) in [5.74, 6) is -0.0654. The van der Waals surface area contributed by atoms with Crippen molar-refractivity contribution in [1.29, 1.82) is 0 Å². The van der Waals surface area contributed by atoms with E-state index in [4.69, 9.17) is 0 Å². The third-order valence-electron chi connectivity index (χ3n) is 2.57. The Bertz CT molecular complexity index is 379. The molecule has 1 heterocycles. The van der Waals surface area contributed by atoms with Gasteiger partial charge in [-0.2, -0.15) is 0 Å². The topological polar surface area (TPSA) is 54.9 Å². The van der Waals surface area contributed by atoms with Gasteiger partial charge < -0.3 is 5.32 Å². The monoisotopic (exact) mass is 319 g/mol. The number of alkyl halides is 1. The van der Waals surface area contributed by atoms with E-state index in [1.54, 1.807) is 6.92 Å². The molecule has 0 radical (unpaired) electrons. The molecule has 1 rings (SSSR count). The summed E-state index contributed by atoms with van der Waals surface area (Å²) in [6.07, 6.45) is 2.20. The molecular weight excluding hydrogens is 302 g/mol. The van der Waals surface area contributed by atoms with E-state index in [2.05, 4.69) is 44.7 Å². The minimum atomic E-state index is -0.0654. The standard InChI is InChI=1S/C11H18BrN3OS/c1-8-9(17-15-14-8)10(16)13-7-11(2,3)5-4-6-12/h4-7H2,1-3H3,(H,13,16). The van der Waals surface area contributed by atoms with Gasteiger partial charge >= 0.3 is 0 Å². The van der Waals surface area contributed by atoms with E-state index in [1.807, 2.05) is 0 Å². The predicted molar refractivity (Wildman–Crippen MR) is 73.8 cm³/mol. The fourth-order valence-electron chi connectivity index (χ4n) is 1.47. The van der Waals surface area contributed by atoms with Gasteiger partial charge in [-0.15, -0.1) is 5.10 Å². The first-order chi connectivity index (χ1) is 7.96. The summed E-state index contributed by atoms with van der Waals surface area (Å²) in [5.41, 5.74) is 0.820. The Morgan fingerprint density at radius 1 is 1.53 bits per heavy atom. The molecule has 0 aromatic carbocycles. The van der Waals surface area contributed by atoms with E-state index in [9.17, 15) is 4.79 Å². The number of aryl methyl sites for hydroxylation is 1. The number of hydrogen-bond donors (Lipinski definition) is 1. The van der Waals surface area contributed by atoms with Crippen molar-refractivity contribution in [2.75, 3.05) is 11.9 Å². The van der Waals surface area contributed by atoms with E-state index in [1.165, 1.54) is 0 Å². The first kappa shape index (κ1) is 14.6. The van der Waals surface area contributed by atoms with Crippen molar-refractivity contribution in [2.24, 2.45) is 5.41 Å². The Morgan fingerprint density at radius 3 is 2.76 bits per heavy atom. The van der Waals surface area contributed by atoms with Crippen LogP contribution in [0.25, 0.3) is 0 Å². The lowest BCUT2D eigenvalue weighted by molar-refractivity contribution is 0.0938. The molecule has 1 N–H and O–H groups in total. The molecule has 1 amide bonds. The van der Waals surface area contributed by atoms with Gasteiger partial charge in [0, 0.05) is 11.9 Å². The summed E-state index contributed by atoms with van der Waals surface area (Å²) in [4.78, 5) is 12.5. The van der Waals surface area contributed by atoms with Crippen LogP contribution in [0.2, 0.25) is 0 Å². The molecule has 4 nitrogen and oxygen atoms in total. The van der Waals surface area contributed by atoms with Gasteiger partial charge in [0.1, 0.15) is 4.88 Å². The molecular formula is C11H18BrN3OS. The molecule has 0 saturated heterocycles. The van der Waals surface area contributed by atoms with Crippen LogP contribution in [0.4, 0.5) is 0 Å². The quantitative estimate of drug-likeness (QED) is 0.820. The number of nitrogens with zero attached hydrogens (tertiary/aromatic N) is 2. The number of amides is 1. The van der Waals surface area contributed by atoms with Gasteiger partial charge in [-0.05, 0) is 36.7 Å². The molecule has 0 spiro atoms. The average molecular weight is 320 g/mol. The van der Waals surface area contributed by atoms with Gasteiger partial charge in [-0.1, -0.05) is 34.3 Å². The first-order valence-electron chi connectivity index (χ1n) is 5.59. The van der Waals surface area contributed by atoms with Crippen LogP contribution in [0.15, 0.2) is 0 Å². The second-order valence-corrected chi connectivity index (χ2v) is 6.37. The third-order valence-corrected chi connectivity index (χ3v) is 3.96. The zero-order valence-electron chi connectivity index (χ0n) is 10.4. The van der Waals surface area contributed by atoms with Crippen molar-refractivity contribution in [3.05, 3.63) is 10.6 Å². The normalized spacial score (nSPS) is 11.5. The van der Waals surface area contributed by atoms with Crippen LogP contribution in [0.5, 0.6) is 0 Å². The Kier molecular flexibility index (Phi) is 5.52. The van der Waals surface area contributed by atoms with Crippen LogP contribution in [-0.2, 0) is 0 Å². The zero-order valence-corrected chi connectivity index (χ0v) is 12.8. The Morgan fingerprint density at radius 2 is 2.24 bits per heavy atom. The van der Waals surface area contributed by atoms with Crippen LogP contribution < -0.4 is 5.32 Å². The van der Waals surface area contributed by atoms with Crippen LogP contribution in [0.3, 0.4) is 0 Å². The average Bonchev–Trinajstić information content (AvgIpc) is 2.70. The van der Waals surface area contributed by atoms with E-state index in [0.29, 0.717) is 17.1 Å². The molecule has 0 aliphatic carbocycles. The van der Waals surface area contributed by atoms with Crippen molar-refractivity contribution in [3.8, 4) is 0 Å². The van der Waals surface area contributed by atoms with Crippen molar-refractivity contribution in [1.82, 2.24) is 14.9 Å². The molecule has 0 bridgehead atoms. The van der Waals surface area contributed by atoms with Gasteiger partial charge in [0.15, 0.2) is 0 Å². The minimum Gasteiger partial charge on any atom is -0.351 e. The maximum atomic E-state index is 11.9. The number of rotatable bonds is 6. The summed E-state index contributed by atoms with van der Waals surface area (Å²) in [6.45, 7) is 6.80. The fraction of sp³-hybridized carbons (Fsp3) is 0.727. The second kappa shape index (κ2) is 6.44. The molecule has 0 unspecified atom stereocenters. The summed E-state index contributed by atoms with van der Waals surface area (Å²) < 4.78 is 3.76. The maximum Gasteiger partial charge on any atom is 0.264 e. The Hall–Kier alpha value is -0.490. The molecule has 6 heteroatoms. The largest absolute Gasteiger partial charge is 0.351 e. The predicted octanol–water partition coefficient (Wildman–Crippen LogP) is 2.78. The van der Waals surface area contributed by atoms with E-state index in [-0.39, 0.29) is 11.3 Å². The number of nitrogens with one attached hydrogen (secondary N) is 1. The molecule has 0 saturated carbocycles. The van der Waals surface area contributed by atoms with Crippen LogP contribution in [0.1, 0.15) is 42.1 Å². The van der Waals surface area contributed by atoms with E-state index < -0.39 is 0 Å². The molecule has 1 aromatic rings. The number of halogens is 1. The van der Waals surface area contributed by atoms with Crippen LogP contribution >= 0.6 is 27.5 Å². The second-order valence-electron chi connectivity index (χ2n) is 4.83. The summed E-state index contributed by atoms with van der Waals surface area (Å²) >= 11 is 4.57. The Labute approximate surface area is 114 Å². The molecule has 0 fully saturated rings. The van der Waals surface area contributed by atoms with Gasteiger partial charge in [0.2, 0.25) is 0 Å². The minimum absolute atomic E-state index is 0.0654. The SMILES string of the molecule is Cc1nnsc1C(=O)NCC(C)(C)CCCBr. The summed E-state index contributed by atoms with van der Waals surface area (Å²) in [5, 5.41) is 7.79. The molecule has 96 valence electrons. The van der Waals surface area contributed by atoms with Gasteiger partial charge in [0.05, 0.1) is 5.69 Å².